The number of aromatic nitrogens is 2. The largest absolute Gasteiger partial charge is 0.492 e. The zero-order valence-electron chi connectivity index (χ0n) is 11.2. The third kappa shape index (κ3) is 4.33. The van der Waals surface area contributed by atoms with Crippen LogP contribution in [0.4, 0.5) is 0 Å². The molecule has 0 aliphatic heterocycles. The van der Waals surface area contributed by atoms with Crippen LogP contribution in [0, 0.1) is 0 Å². The van der Waals surface area contributed by atoms with Gasteiger partial charge in [-0.25, -0.2) is 4.98 Å². The van der Waals surface area contributed by atoms with Crippen molar-refractivity contribution in [1.29, 1.82) is 0 Å². The highest BCUT2D eigenvalue weighted by atomic mass is 79.9. The molecule has 0 unspecified atom stereocenters. The molecule has 2 N–H and O–H groups in total. The maximum atomic E-state index is 5.57. The molecule has 20 heavy (non-hydrogen) atoms. The van der Waals surface area contributed by atoms with Gasteiger partial charge in [0.05, 0.1) is 15.6 Å². The summed E-state index contributed by atoms with van der Waals surface area (Å²) in [4.78, 5) is 7.29. The summed E-state index contributed by atoms with van der Waals surface area (Å²) in [6.45, 7) is 4.32. The molecule has 1 aromatic heterocycles. The summed E-state index contributed by atoms with van der Waals surface area (Å²) in [6.07, 6.45) is 4.51. The second kappa shape index (κ2) is 7.81. The van der Waals surface area contributed by atoms with Crippen molar-refractivity contribution in [1.82, 2.24) is 15.3 Å². The van der Waals surface area contributed by atoms with Gasteiger partial charge in [0.2, 0.25) is 0 Å². The summed E-state index contributed by atoms with van der Waals surface area (Å²) in [7, 11) is 0. The molecule has 108 valence electrons. The molecule has 2 rings (SSSR count). The SMILES string of the molecule is CCOc1c(Br)cc(CNCCc2ncc[nH]2)cc1Br. The number of imidazole rings is 1. The van der Waals surface area contributed by atoms with Gasteiger partial charge in [0.15, 0.2) is 0 Å². The fourth-order valence-electron chi connectivity index (χ4n) is 1.87. The molecule has 0 spiro atoms. The topological polar surface area (TPSA) is 49.9 Å². The van der Waals surface area contributed by atoms with Gasteiger partial charge in [0.1, 0.15) is 11.6 Å². The Labute approximate surface area is 135 Å². The van der Waals surface area contributed by atoms with Crippen molar-refractivity contribution in [2.45, 2.75) is 19.9 Å². The van der Waals surface area contributed by atoms with Gasteiger partial charge >= 0.3 is 0 Å². The Morgan fingerprint density at radius 2 is 2.05 bits per heavy atom. The molecule has 0 aliphatic rings. The van der Waals surface area contributed by atoms with E-state index in [1.807, 2.05) is 13.1 Å². The minimum Gasteiger partial charge on any atom is -0.492 e. The molecule has 0 saturated carbocycles. The first-order valence-electron chi connectivity index (χ1n) is 6.50. The summed E-state index contributed by atoms with van der Waals surface area (Å²) in [5, 5.41) is 3.40. The Kier molecular flexibility index (Phi) is 6.06. The first-order valence-corrected chi connectivity index (χ1v) is 8.09. The number of hydrogen-bond acceptors (Lipinski definition) is 3. The van der Waals surface area contributed by atoms with Gasteiger partial charge in [-0.15, -0.1) is 0 Å². The minimum atomic E-state index is 0.651. The van der Waals surface area contributed by atoms with Gasteiger partial charge in [-0.05, 0) is 56.5 Å². The third-order valence-corrected chi connectivity index (χ3v) is 3.95. The van der Waals surface area contributed by atoms with Crippen LogP contribution in [-0.4, -0.2) is 23.1 Å². The summed E-state index contributed by atoms with van der Waals surface area (Å²) < 4.78 is 7.51. The first-order chi connectivity index (χ1) is 9.70. The molecule has 0 fully saturated rings. The van der Waals surface area contributed by atoms with E-state index in [1.165, 1.54) is 5.56 Å². The fourth-order valence-corrected chi connectivity index (χ4v) is 3.38. The van der Waals surface area contributed by atoms with Gasteiger partial charge in [-0.1, -0.05) is 0 Å². The summed E-state index contributed by atoms with van der Waals surface area (Å²) in [6, 6.07) is 4.16. The zero-order chi connectivity index (χ0) is 14.4. The van der Waals surface area contributed by atoms with E-state index < -0.39 is 0 Å². The standard InChI is InChI=1S/C14H17Br2N3O/c1-2-20-14-11(15)7-10(8-12(14)16)9-17-4-3-13-18-5-6-19-13/h5-8,17H,2-4,9H2,1H3,(H,18,19). The molecule has 0 saturated heterocycles. The Morgan fingerprint density at radius 1 is 1.30 bits per heavy atom. The van der Waals surface area contributed by atoms with Crippen LogP contribution in [-0.2, 0) is 13.0 Å². The molecule has 0 radical (unpaired) electrons. The van der Waals surface area contributed by atoms with Crippen molar-refractivity contribution < 1.29 is 4.74 Å². The highest BCUT2D eigenvalue weighted by molar-refractivity contribution is 9.11. The Hall–Kier alpha value is -0.850. The lowest BCUT2D eigenvalue weighted by atomic mass is 10.2. The van der Waals surface area contributed by atoms with Gasteiger partial charge < -0.3 is 15.0 Å². The quantitative estimate of drug-likeness (QED) is 0.694. The lowest BCUT2D eigenvalue weighted by Crippen LogP contribution is -2.17. The second-order valence-corrected chi connectivity index (χ2v) is 5.99. The average Bonchev–Trinajstić information content (AvgIpc) is 2.92. The van der Waals surface area contributed by atoms with Crippen molar-refractivity contribution in [3.05, 3.63) is 44.9 Å². The van der Waals surface area contributed by atoms with Crippen LogP contribution >= 0.6 is 31.9 Å². The van der Waals surface area contributed by atoms with Gasteiger partial charge in [-0.2, -0.15) is 0 Å². The monoisotopic (exact) mass is 401 g/mol. The van der Waals surface area contributed by atoms with E-state index in [4.69, 9.17) is 4.74 Å². The van der Waals surface area contributed by atoms with Gasteiger partial charge in [-0.3, -0.25) is 0 Å². The highest BCUT2D eigenvalue weighted by Crippen LogP contribution is 2.34. The van der Waals surface area contributed by atoms with Crippen LogP contribution in [0.5, 0.6) is 5.75 Å². The number of benzene rings is 1. The molecule has 4 nitrogen and oxygen atoms in total. The molecule has 0 aliphatic carbocycles. The maximum absolute atomic E-state index is 5.57. The second-order valence-electron chi connectivity index (χ2n) is 4.28. The van der Waals surface area contributed by atoms with Crippen LogP contribution in [0.1, 0.15) is 18.3 Å². The smallest absolute Gasteiger partial charge is 0.147 e. The van der Waals surface area contributed by atoms with Gasteiger partial charge in [0.25, 0.3) is 0 Å². The number of nitrogens with one attached hydrogen (secondary N) is 2. The molecule has 0 bridgehead atoms. The summed E-state index contributed by atoms with van der Waals surface area (Å²) in [5.74, 6) is 1.86. The minimum absolute atomic E-state index is 0.651. The van der Waals surface area contributed by atoms with Crippen LogP contribution in [0.15, 0.2) is 33.5 Å². The van der Waals surface area contributed by atoms with E-state index in [0.717, 1.165) is 40.0 Å². The maximum Gasteiger partial charge on any atom is 0.147 e. The average molecular weight is 403 g/mol. The van der Waals surface area contributed by atoms with Crippen LogP contribution in [0.25, 0.3) is 0 Å². The Balaban J connectivity index is 1.86. The molecule has 1 aromatic carbocycles. The Morgan fingerprint density at radius 3 is 2.65 bits per heavy atom. The summed E-state index contributed by atoms with van der Waals surface area (Å²) >= 11 is 7.08. The number of halogens is 2. The van der Waals surface area contributed by atoms with E-state index in [-0.39, 0.29) is 0 Å². The summed E-state index contributed by atoms with van der Waals surface area (Å²) in [5.41, 5.74) is 1.20. The first kappa shape index (κ1) is 15.5. The highest BCUT2D eigenvalue weighted by Gasteiger charge is 2.08. The van der Waals surface area contributed by atoms with Crippen molar-refractivity contribution >= 4 is 31.9 Å². The lowest BCUT2D eigenvalue weighted by Gasteiger charge is -2.11. The molecule has 6 heteroatoms. The number of nitrogens with zero attached hydrogens (tertiary/aromatic N) is 1. The number of aromatic amines is 1. The number of rotatable bonds is 7. The molecule has 2 aromatic rings. The predicted molar refractivity (Wildman–Crippen MR) is 87.0 cm³/mol. The molecular weight excluding hydrogens is 386 g/mol. The van der Waals surface area contributed by atoms with Crippen molar-refractivity contribution in [2.24, 2.45) is 0 Å². The van der Waals surface area contributed by atoms with E-state index in [0.29, 0.717) is 6.61 Å². The number of H-pyrrole nitrogens is 1. The molecule has 1 heterocycles. The normalized spacial score (nSPS) is 10.8. The van der Waals surface area contributed by atoms with Crippen molar-refractivity contribution in [3.63, 3.8) is 0 Å². The van der Waals surface area contributed by atoms with Crippen molar-refractivity contribution in [3.8, 4) is 5.75 Å². The zero-order valence-corrected chi connectivity index (χ0v) is 14.4. The van der Waals surface area contributed by atoms with E-state index in [1.54, 1.807) is 6.20 Å². The lowest BCUT2D eigenvalue weighted by molar-refractivity contribution is 0.336. The van der Waals surface area contributed by atoms with Crippen LogP contribution < -0.4 is 10.1 Å². The Bertz CT molecular complexity index is 520. The van der Waals surface area contributed by atoms with Crippen molar-refractivity contribution in [2.75, 3.05) is 13.2 Å². The third-order valence-electron chi connectivity index (χ3n) is 2.77. The number of hydrogen-bond donors (Lipinski definition) is 2. The molecule has 0 atom stereocenters. The molecule has 0 amide bonds. The predicted octanol–water partition coefficient (Wildman–Crippen LogP) is 3.67. The number of ether oxygens (including phenoxy) is 1. The van der Waals surface area contributed by atoms with Gasteiger partial charge in [0, 0.05) is 31.9 Å². The van der Waals surface area contributed by atoms with Crippen LogP contribution in [0.2, 0.25) is 0 Å². The fraction of sp³-hybridized carbons (Fsp3) is 0.357. The molecular formula is C14H17Br2N3O. The van der Waals surface area contributed by atoms with E-state index in [9.17, 15) is 0 Å². The van der Waals surface area contributed by atoms with E-state index >= 15 is 0 Å². The van der Waals surface area contributed by atoms with Crippen LogP contribution in [0.3, 0.4) is 0 Å². The van der Waals surface area contributed by atoms with E-state index in [2.05, 4.69) is 59.3 Å².